The molecule has 1 aromatic rings. The number of carbonyl (C=O) groups is 1. The maximum absolute atomic E-state index is 13.6. The van der Waals surface area contributed by atoms with Gasteiger partial charge in [0.2, 0.25) is 0 Å². The van der Waals surface area contributed by atoms with Crippen molar-refractivity contribution in [3.05, 3.63) is 39.6 Å². The number of carbonyl (C=O) groups excluding carboxylic acids is 1. The maximum atomic E-state index is 13.6. The van der Waals surface area contributed by atoms with Gasteiger partial charge < -0.3 is 15.4 Å². The topological polar surface area (TPSA) is 50.4 Å². The highest BCUT2D eigenvalue weighted by molar-refractivity contribution is 6.58. The van der Waals surface area contributed by atoms with Gasteiger partial charge in [-0.3, -0.25) is 0 Å². The van der Waals surface area contributed by atoms with Gasteiger partial charge >= 0.3 is 6.03 Å². The van der Waals surface area contributed by atoms with Crippen molar-refractivity contribution in [3.8, 4) is 0 Å². The van der Waals surface area contributed by atoms with Crippen LogP contribution in [0.5, 0.6) is 0 Å². The summed E-state index contributed by atoms with van der Waals surface area (Å²) < 4.78 is 18.9. The summed E-state index contributed by atoms with van der Waals surface area (Å²) in [6.07, 6.45) is 1.94. The zero-order chi connectivity index (χ0) is 16.1. The van der Waals surface area contributed by atoms with Gasteiger partial charge in [-0.2, -0.15) is 0 Å². The summed E-state index contributed by atoms with van der Waals surface area (Å²) in [5.74, 6) is -0.397. The molecule has 2 rings (SSSR count). The minimum atomic E-state index is -0.467. The molecular formula is C15H17Cl2FN2O2. The van der Waals surface area contributed by atoms with Crippen molar-refractivity contribution >= 4 is 34.9 Å². The molecule has 0 spiro atoms. The quantitative estimate of drug-likeness (QED) is 0.872. The van der Waals surface area contributed by atoms with E-state index in [0.717, 1.165) is 19.4 Å². The molecule has 0 saturated carbocycles. The van der Waals surface area contributed by atoms with Gasteiger partial charge in [0, 0.05) is 18.7 Å². The molecule has 0 radical (unpaired) electrons. The number of hydrogen-bond acceptors (Lipinski definition) is 2. The Morgan fingerprint density at radius 2 is 2.23 bits per heavy atom. The molecule has 1 aliphatic rings. The molecule has 0 bridgehead atoms. The van der Waals surface area contributed by atoms with E-state index in [1.807, 2.05) is 0 Å². The second-order valence-electron chi connectivity index (χ2n) is 5.07. The predicted octanol–water partition coefficient (Wildman–Crippen LogP) is 3.72. The summed E-state index contributed by atoms with van der Waals surface area (Å²) in [6.45, 7) is 2.77. The van der Waals surface area contributed by atoms with Crippen molar-refractivity contribution in [2.24, 2.45) is 0 Å². The van der Waals surface area contributed by atoms with E-state index in [1.54, 1.807) is 19.1 Å². The molecule has 7 heteroatoms. The molecule has 1 heterocycles. The largest absolute Gasteiger partial charge is 0.376 e. The van der Waals surface area contributed by atoms with Crippen LogP contribution < -0.4 is 10.6 Å². The van der Waals surface area contributed by atoms with E-state index in [1.165, 1.54) is 6.07 Å². The number of urea groups is 1. The fraction of sp³-hybridized carbons (Fsp3) is 0.400. The summed E-state index contributed by atoms with van der Waals surface area (Å²) in [5, 5.41) is 5.23. The molecule has 0 unspecified atom stereocenters. The fourth-order valence-corrected chi connectivity index (χ4v) is 2.46. The maximum Gasteiger partial charge on any atom is 0.319 e. The van der Waals surface area contributed by atoms with Crippen LogP contribution >= 0.6 is 23.2 Å². The van der Waals surface area contributed by atoms with Crippen molar-refractivity contribution < 1.29 is 13.9 Å². The van der Waals surface area contributed by atoms with Crippen LogP contribution in [-0.2, 0) is 4.74 Å². The molecule has 1 atom stereocenters. The number of rotatable bonds is 4. The first-order valence-electron chi connectivity index (χ1n) is 6.95. The monoisotopic (exact) mass is 346 g/mol. The lowest BCUT2D eigenvalue weighted by molar-refractivity contribution is 0.111. The Bertz CT molecular complexity index is 583. The number of hydrogen-bond donors (Lipinski definition) is 2. The normalized spacial score (nSPS) is 17.2. The number of aryl methyl sites for hydroxylation is 1. The third-order valence-corrected chi connectivity index (χ3v) is 3.78. The van der Waals surface area contributed by atoms with Gasteiger partial charge in [-0.05, 0) is 31.4 Å². The van der Waals surface area contributed by atoms with Crippen molar-refractivity contribution in [1.29, 1.82) is 0 Å². The van der Waals surface area contributed by atoms with Crippen LogP contribution in [0.25, 0.3) is 5.70 Å². The Labute approximate surface area is 138 Å². The van der Waals surface area contributed by atoms with Gasteiger partial charge in [0.25, 0.3) is 0 Å². The summed E-state index contributed by atoms with van der Waals surface area (Å²) in [6, 6.07) is 4.03. The third-order valence-electron chi connectivity index (χ3n) is 3.40. The second-order valence-corrected chi connectivity index (χ2v) is 6.02. The van der Waals surface area contributed by atoms with Crippen LogP contribution in [-0.4, -0.2) is 25.3 Å². The summed E-state index contributed by atoms with van der Waals surface area (Å²) >= 11 is 11.6. The lowest BCUT2D eigenvalue weighted by Crippen LogP contribution is -2.39. The number of halogens is 3. The smallest absolute Gasteiger partial charge is 0.319 e. The minimum absolute atomic E-state index is 0.0291. The van der Waals surface area contributed by atoms with Crippen molar-refractivity contribution in [1.82, 2.24) is 10.6 Å². The van der Waals surface area contributed by atoms with E-state index in [0.29, 0.717) is 17.7 Å². The van der Waals surface area contributed by atoms with Crippen LogP contribution in [0.2, 0.25) is 0 Å². The Balaban J connectivity index is 2.01. The number of benzene rings is 1. The molecule has 2 N–H and O–H groups in total. The van der Waals surface area contributed by atoms with Crippen LogP contribution in [0.3, 0.4) is 0 Å². The summed E-state index contributed by atoms with van der Waals surface area (Å²) in [4.78, 5) is 11.9. The molecule has 1 aliphatic heterocycles. The Morgan fingerprint density at radius 1 is 1.45 bits per heavy atom. The first-order valence-corrected chi connectivity index (χ1v) is 7.71. The third kappa shape index (κ3) is 4.60. The molecule has 1 saturated heterocycles. The highest BCUT2D eigenvalue weighted by Gasteiger charge is 2.17. The molecular weight excluding hydrogens is 330 g/mol. The average molecular weight is 347 g/mol. The van der Waals surface area contributed by atoms with Crippen LogP contribution in [0.4, 0.5) is 9.18 Å². The molecule has 2 amide bonds. The highest BCUT2D eigenvalue weighted by Crippen LogP contribution is 2.23. The van der Waals surface area contributed by atoms with E-state index in [4.69, 9.17) is 27.9 Å². The van der Waals surface area contributed by atoms with Crippen LogP contribution in [0.1, 0.15) is 24.0 Å². The SMILES string of the molecule is Cc1ccc(C(NC(=O)NC[C@H]2CCCO2)=C(Cl)Cl)cc1F. The standard InChI is InChI=1S/C15H17Cl2FN2O2/c1-9-4-5-10(7-12(9)18)13(14(16)17)20-15(21)19-8-11-3-2-6-22-11/h4-5,7,11H,2-3,6,8H2,1H3,(H2,19,20,21)/t11-/m1/s1. The van der Waals surface area contributed by atoms with Gasteiger partial charge in [-0.1, -0.05) is 35.3 Å². The zero-order valence-corrected chi connectivity index (χ0v) is 13.6. The van der Waals surface area contributed by atoms with Gasteiger partial charge in [-0.25, -0.2) is 9.18 Å². The molecule has 1 fully saturated rings. The van der Waals surface area contributed by atoms with Crippen molar-refractivity contribution in [3.63, 3.8) is 0 Å². The number of ether oxygens (including phenoxy) is 1. The van der Waals surface area contributed by atoms with Crippen LogP contribution in [0.15, 0.2) is 22.7 Å². The summed E-state index contributed by atoms with van der Waals surface area (Å²) in [5.41, 5.74) is 1.05. The lowest BCUT2D eigenvalue weighted by Gasteiger charge is -2.14. The van der Waals surface area contributed by atoms with Gasteiger partial charge in [0.1, 0.15) is 10.3 Å². The molecule has 4 nitrogen and oxygen atoms in total. The molecule has 0 aliphatic carbocycles. The van der Waals surface area contributed by atoms with E-state index in [2.05, 4.69) is 10.6 Å². The predicted molar refractivity (Wildman–Crippen MR) is 85.3 cm³/mol. The fourth-order valence-electron chi connectivity index (χ4n) is 2.15. The van der Waals surface area contributed by atoms with Gasteiger partial charge in [-0.15, -0.1) is 0 Å². The second kappa shape index (κ2) is 7.81. The molecule has 120 valence electrons. The average Bonchev–Trinajstić information content (AvgIpc) is 2.98. The first-order chi connectivity index (χ1) is 10.5. The Hall–Kier alpha value is -1.30. The molecule has 22 heavy (non-hydrogen) atoms. The van der Waals surface area contributed by atoms with E-state index in [-0.39, 0.29) is 16.3 Å². The highest BCUT2D eigenvalue weighted by atomic mass is 35.5. The number of nitrogens with one attached hydrogen (secondary N) is 2. The van der Waals surface area contributed by atoms with E-state index in [9.17, 15) is 9.18 Å². The molecule has 1 aromatic carbocycles. The summed E-state index contributed by atoms with van der Waals surface area (Å²) in [7, 11) is 0. The molecule has 0 aromatic heterocycles. The zero-order valence-electron chi connectivity index (χ0n) is 12.1. The van der Waals surface area contributed by atoms with Crippen LogP contribution in [0, 0.1) is 12.7 Å². The minimum Gasteiger partial charge on any atom is -0.376 e. The van der Waals surface area contributed by atoms with Gasteiger partial charge in [0.05, 0.1) is 11.8 Å². The van der Waals surface area contributed by atoms with E-state index < -0.39 is 11.8 Å². The lowest BCUT2D eigenvalue weighted by atomic mass is 10.1. The van der Waals surface area contributed by atoms with Crippen molar-refractivity contribution in [2.45, 2.75) is 25.9 Å². The Kier molecular flexibility index (Phi) is 6.06. The van der Waals surface area contributed by atoms with Crippen molar-refractivity contribution in [2.75, 3.05) is 13.2 Å². The van der Waals surface area contributed by atoms with Gasteiger partial charge in [0.15, 0.2) is 0 Å². The number of amides is 2. The van der Waals surface area contributed by atoms with E-state index >= 15 is 0 Å². The Morgan fingerprint density at radius 3 is 2.82 bits per heavy atom. The first kappa shape index (κ1) is 17.1.